The topological polar surface area (TPSA) is 50.1 Å². The van der Waals surface area contributed by atoms with Crippen LogP contribution in [0.15, 0.2) is 18.5 Å². The highest BCUT2D eigenvalue weighted by Crippen LogP contribution is 2.19. The molecule has 1 aliphatic heterocycles. The molecular weight excluding hydrogens is 166 g/mol. The zero-order valence-corrected chi connectivity index (χ0v) is 7.61. The van der Waals surface area contributed by atoms with Gasteiger partial charge in [0, 0.05) is 12.4 Å². The standard InChI is InChI=1S/C9H15N3O/c13-9(2-5-10-6-3-9)8-12-7-1-4-11-12/h1,4,7,10,13H,2-3,5-6,8H2. The Bertz CT molecular complexity index is 252. The van der Waals surface area contributed by atoms with Crippen molar-refractivity contribution in [1.29, 1.82) is 0 Å². The minimum Gasteiger partial charge on any atom is -0.388 e. The van der Waals surface area contributed by atoms with E-state index in [2.05, 4.69) is 10.4 Å². The molecule has 1 aromatic rings. The Balaban J connectivity index is 1.99. The van der Waals surface area contributed by atoms with Crippen molar-refractivity contribution < 1.29 is 5.11 Å². The highest BCUT2D eigenvalue weighted by atomic mass is 16.3. The predicted molar refractivity (Wildman–Crippen MR) is 49.3 cm³/mol. The molecule has 0 amide bonds. The van der Waals surface area contributed by atoms with Crippen molar-refractivity contribution >= 4 is 0 Å². The highest BCUT2D eigenvalue weighted by molar-refractivity contribution is 4.87. The van der Waals surface area contributed by atoms with Gasteiger partial charge in [0.25, 0.3) is 0 Å². The van der Waals surface area contributed by atoms with Crippen molar-refractivity contribution in [3.63, 3.8) is 0 Å². The van der Waals surface area contributed by atoms with Crippen LogP contribution >= 0.6 is 0 Å². The molecule has 13 heavy (non-hydrogen) atoms. The van der Waals surface area contributed by atoms with E-state index in [-0.39, 0.29) is 0 Å². The number of rotatable bonds is 2. The van der Waals surface area contributed by atoms with Gasteiger partial charge in [0.05, 0.1) is 12.1 Å². The first kappa shape index (κ1) is 8.72. The van der Waals surface area contributed by atoms with E-state index in [4.69, 9.17) is 0 Å². The monoisotopic (exact) mass is 181 g/mol. The lowest BCUT2D eigenvalue weighted by atomic mass is 9.92. The van der Waals surface area contributed by atoms with Gasteiger partial charge in [-0.2, -0.15) is 5.10 Å². The average Bonchev–Trinajstić information content (AvgIpc) is 2.57. The molecule has 4 nitrogen and oxygen atoms in total. The lowest BCUT2D eigenvalue weighted by Gasteiger charge is -2.32. The second-order valence-corrected chi connectivity index (χ2v) is 3.68. The molecule has 0 aromatic carbocycles. The number of aliphatic hydroxyl groups is 1. The van der Waals surface area contributed by atoms with Crippen molar-refractivity contribution in [2.45, 2.75) is 25.0 Å². The van der Waals surface area contributed by atoms with Crippen molar-refractivity contribution in [3.8, 4) is 0 Å². The van der Waals surface area contributed by atoms with Gasteiger partial charge in [-0.05, 0) is 32.0 Å². The third-order valence-corrected chi connectivity index (χ3v) is 2.55. The summed E-state index contributed by atoms with van der Waals surface area (Å²) < 4.78 is 1.80. The summed E-state index contributed by atoms with van der Waals surface area (Å²) in [6.45, 7) is 2.41. The van der Waals surface area contributed by atoms with Gasteiger partial charge in [-0.15, -0.1) is 0 Å². The van der Waals surface area contributed by atoms with Gasteiger partial charge < -0.3 is 10.4 Å². The molecular formula is C9H15N3O. The second kappa shape index (κ2) is 3.47. The number of nitrogens with one attached hydrogen (secondary N) is 1. The number of hydrogen-bond donors (Lipinski definition) is 2. The third-order valence-electron chi connectivity index (χ3n) is 2.55. The Morgan fingerprint density at radius 1 is 1.46 bits per heavy atom. The van der Waals surface area contributed by atoms with Gasteiger partial charge in [-0.3, -0.25) is 4.68 Å². The minimum atomic E-state index is -0.558. The molecule has 1 saturated heterocycles. The van der Waals surface area contributed by atoms with E-state index >= 15 is 0 Å². The SMILES string of the molecule is OC1(Cn2cccn2)CCNCC1. The van der Waals surface area contributed by atoms with Crippen LogP contribution in [-0.4, -0.2) is 33.6 Å². The summed E-state index contributed by atoms with van der Waals surface area (Å²) in [5.41, 5.74) is -0.558. The fourth-order valence-corrected chi connectivity index (χ4v) is 1.75. The Kier molecular flexibility index (Phi) is 2.33. The Morgan fingerprint density at radius 2 is 2.23 bits per heavy atom. The summed E-state index contributed by atoms with van der Waals surface area (Å²) >= 11 is 0. The van der Waals surface area contributed by atoms with Gasteiger partial charge in [0.2, 0.25) is 0 Å². The molecule has 2 N–H and O–H groups in total. The molecule has 2 heterocycles. The second-order valence-electron chi connectivity index (χ2n) is 3.68. The summed E-state index contributed by atoms with van der Waals surface area (Å²) in [5, 5.41) is 17.5. The van der Waals surface area contributed by atoms with E-state index in [0.29, 0.717) is 6.54 Å². The molecule has 2 rings (SSSR count). The van der Waals surface area contributed by atoms with Crippen molar-refractivity contribution in [3.05, 3.63) is 18.5 Å². The van der Waals surface area contributed by atoms with E-state index < -0.39 is 5.60 Å². The van der Waals surface area contributed by atoms with Crippen LogP contribution in [0, 0.1) is 0 Å². The van der Waals surface area contributed by atoms with Crippen molar-refractivity contribution in [1.82, 2.24) is 15.1 Å². The number of hydrogen-bond acceptors (Lipinski definition) is 3. The van der Waals surface area contributed by atoms with Crippen LogP contribution in [0.2, 0.25) is 0 Å². The highest BCUT2D eigenvalue weighted by Gasteiger charge is 2.29. The van der Waals surface area contributed by atoms with E-state index in [9.17, 15) is 5.11 Å². The molecule has 4 heteroatoms. The summed E-state index contributed by atoms with van der Waals surface area (Å²) in [6, 6.07) is 1.88. The molecule has 1 fully saturated rings. The quantitative estimate of drug-likeness (QED) is 0.675. The van der Waals surface area contributed by atoms with Crippen LogP contribution < -0.4 is 5.32 Å². The average molecular weight is 181 g/mol. The minimum absolute atomic E-state index is 0.558. The molecule has 0 spiro atoms. The first-order valence-corrected chi connectivity index (χ1v) is 4.69. The number of piperidine rings is 1. The molecule has 0 atom stereocenters. The van der Waals surface area contributed by atoms with Gasteiger partial charge >= 0.3 is 0 Å². The summed E-state index contributed by atoms with van der Waals surface area (Å²) in [7, 11) is 0. The lowest BCUT2D eigenvalue weighted by molar-refractivity contribution is -0.00822. The maximum atomic E-state index is 10.1. The predicted octanol–water partition coefficient (Wildman–Crippen LogP) is -0.00240. The Labute approximate surface area is 77.6 Å². The molecule has 0 bridgehead atoms. The zero-order valence-electron chi connectivity index (χ0n) is 7.61. The van der Waals surface area contributed by atoms with Crippen LogP contribution in [0.5, 0.6) is 0 Å². The largest absolute Gasteiger partial charge is 0.388 e. The maximum absolute atomic E-state index is 10.1. The lowest BCUT2D eigenvalue weighted by Crippen LogP contribution is -2.44. The molecule has 0 radical (unpaired) electrons. The Hall–Kier alpha value is -0.870. The molecule has 0 aliphatic carbocycles. The van der Waals surface area contributed by atoms with E-state index in [1.165, 1.54) is 0 Å². The fourth-order valence-electron chi connectivity index (χ4n) is 1.75. The molecule has 0 saturated carbocycles. The van der Waals surface area contributed by atoms with Crippen LogP contribution in [0.25, 0.3) is 0 Å². The van der Waals surface area contributed by atoms with E-state index in [1.807, 2.05) is 12.3 Å². The van der Waals surface area contributed by atoms with E-state index in [0.717, 1.165) is 25.9 Å². The van der Waals surface area contributed by atoms with Crippen molar-refractivity contribution in [2.75, 3.05) is 13.1 Å². The van der Waals surface area contributed by atoms with Gasteiger partial charge in [-0.1, -0.05) is 0 Å². The smallest absolute Gasteiger partial charge is 0.0866 e. The first-order valence-electron chi connectivity index (χ1n) is 4.69. The summed E-state index contributed by atoms with van der Waals surface area (Å²) in [4.78, 5) is 0. The third kappa shape index (κ3) is 2.08. The maximum Gasteiger partial charge on any atom is 0.0866 e. The van der Waals surface area contributed by atoms with Crippen LogP contribution in [0.4, 0.5) is 0 Å². The van der Waals surface area contributed by atoms with E-state index in [1.54, 1.807) is 10.9 Å². The van der Waals surface area contributed by atoms with Crippen LogP contribution in [-0.2, 0) is 6.54 Å². The van der Waals surface area contributed by atoms with Crippen molar-refractivity contribution in [2.24, 2.45) is 0 Å². The normalized spacial score (nSPS) is 21.6. The molecule has 72 valence electrons. The first-order chi connectivity index (χ1) is 6.29. The van der Waals surface area contributed by atoms with Gasteiger partial charge in [0.1, 0.15) is 0 Å². The number of aromatic nitrogens is 2. The fraction of sp³-hybridized carbons (Fsp3) is 0.667. The van der Waals surface area contributed by atoms with Crippen LogP contribution in [0.1, 0.15) is 12.8 Å². The van der Waals surface area contributed by atoms with Gasteiger partial charge in [0.15, 0.2) is 0 Å². The van der Waals surface area contributed by atoms with Crippen LogP contribution in [0.3, 0.4) is 0 Å². The number of nitrogens with zero attached hydrogens (tertiary/aromatic N) is 2. The summed E-state index contributed by atoms with van der Waals surface area (Å²) in [6.07, 6.45) is 5.25. The molecule has 0 unspecified atom stereocenters. The zero-order chi connectivity index (χ0) is 9.15. The molecule has 1 aromatic heterocycles. The molecule has 1 aliphatic rings. The van der Waals surface area contributed by atoms with Gasteiger partial charge in [-0.25, -0.2) is 0 Å². The summed E-state index contributed by atoms with van der Waals surface area (Å²) in [5.74, 6) is 0. The Morgan fingerprint density at radius 3 is 2.85 bits per heavy atom.